The van der Waals surface area contributed by atoms with E-state index in [4.69, 9.17) is 32.7 Å². The smallest absolute Gasteiger partial charge is 0.268 e. The minimum absolute atomic E-state index is 0.00193. The predicted molar refractivity (Wildman–Crippen MR) is 239 cm³/mol. The Balaban J connectivity index is 0.969. The number of benzene rings is 3. The van der Waals surface area contributed by atoms with Crippen molar-refractivity contribution in [1.82, 2.24) is 19.5 Å². The second-order valence-electron chi connectivity index (χ2n) is 17.3. The maximum Gasteiger partial charge on any atom is 0.268 e. The Kier molecular flexibility index (Phi) is 13.2. The molecule has 1 N–H and O–H groups in total. The zero-order valence-corrected chi connectivity index (χ0v) is 37.1. The summed E-state index contributed by atoms with van der Waals surface area (Å²) in [6.07, 6.45) is 4.27. The van der Waals surface area contributed by atoms with Crippen molar-refractivity contribution in [3.05, 3.63) is 111 Å². The van der Waals surface area contributed by atoms with E-state index >= 15 is 0 Å². The first-order valence-electron chi connectivity index (χ1n) is 20.9. The Bertz CT molecular complexity index is 2480. The summed E-state index contributed by atoms with van der Waals surface area (Å²) < 4.78 is 67.2. The van der Waals surface area contributed by atoms with E-state index < -0.39 is 22.4 Å². The lowest BCUT2D eigenvalue weighted by Crippen LogP contribution is -2.47. The first-order chi connectivity index (χ1) is 29.7. The Hall–Kier alpha value is -4.60. The summed E-state index contributed by atoms with van der Waals surface area (Å²) in [5.74, 6) is -0.211. The van der Waals surface area contributed by atoms with Gasteiger partial charge in [0.2, 0.25) is 5.88 Å². The summed E-state index contributed by atoms with van der Waals surface area (Å²) in [6, 6.07) is 20.1. The molecule has 0 unspecified atom stereocenters. The van der Waals surface area contributed by atoms with Gasteiger partial charge in [0.1, 0.15) is 21.4 Å². The number of alkyl halides is 2. The topological polar surface area (TPSA) is 117 Å². The number of aliphatic imine (C=N–C) groups is 1. The number of nitrogens with one attached hydrogen (secondary N) is 1. The molecule has 0 bridgehead atoms. The van der Waals surface area contributed by atoms with Crippen LogP contribution < -0.4 is 19.1 Å². The van der Waals surface area contributed by atoms with Crippen LogP contribution in [-0.2, 0) is 16.6 Å². The van der Waals surface area contributed by atoms with Crippen molar-refractivity contribution >= 4 is 56.6 Å². The number of hydrogen-bond acceptors (Lipinski definition) is 10. The lowest BCUT2D eigenvalue weighted by molar-refractivity contribution is 0.0960. The fraction of sp³-hybridized carbons (Fsp3) is 0.413. The number of anilines is 1. The number of fused-ring (bicyclic) bond motifs is 1. The normalized spacial score (nSPS) is 19.3. The van der Waals surface area contributed by atoms with Crippen LogP contribution in [0.15, 0.2) is 88.4 Å². The fourth-order valence-electron chi connectivity index (χ4n) is 8.70. The average Bonchev–Trinajstić information content (AvgIpc) is 3.91. The minimum Gasteiger partial charge on any atom is -0.476 e. The highest BCUT2D eigenvalue weighted by Gasteiger charge is 2.31. The van der Waals surface area contributed by atoms with Gasteiger partial charge in [-0.25, -0.2) is 26.9 Å². The number of sulfonamides is 1. The summed E-state index contributed by atoms with van der Waals surface area (Å²) in [4.78, 5) is 28.5. The highest BCUT2D eigenvalue weighted by Crippen LogP contribution is 2.43. The maximum absolute atomic E-state index is 13.9. The van der Waals surface area contributed by atoms with Crippen LogP contribution in [0.3, 0.4) is 0 Å². The molecule has 0 spiro atoms. The number of likely N-dealkylation sites (tertiary alicyclic amines) is 1. The Labute approximate surface area is 371 Å². The molecule has 4 aromatic rings. The predicted octanol–water partition coefficient (Wildman–Crippen LogP) is 8.98. The summed E-state index contributed by atoms with van der Waals surface area (Å²) >= 11 is 12.7. The highest BCUT2D eigenvalue weighted by atomic mass is 35.5. The van der Waals surface area contributed by atoms with Gasteiger partial charge in [-0.2, -0.15) is 0 Å². The summed E-state index contributed by atoms with van der Waals surface area (Å²) in [7, 11) is -4.46. The van der Waals surface area contributed by atoms with E-state index in [9.17, 15) is 22.0 Å². The molecular weight excluding hydrogens is 858 g/mol. The van der Waals surface area contributed by atoms with Crippen molar-refractivity contribution in [2.75, 3.05) is 63.9 Å². The third-order valence-electron chi connectivity index (χ3n) is 12.1. The summed E-state index contributed by atoms with van der Waals surface area (Å²) in [5, 5.41) is 0.659. The molecule has 8 rings (SSSR count). The number of allylic oxidation sites excluding steroid dienone is 1. The van der Waals surface area contributed by atoms with E-state index in [1.165, 1.54) is 16.7 Å². The molecule has 1 aromatic heterocycles. The third kappa shape index (κ3) is 10.4. The average molecular weight is 908 g/mol. The third-order valence-corrected chi connectivity index (χ3v) is 14.0. The molecule has 1 atom stereocenters. The van der Waals surface area contributed by atoms with Gasteiger partial charge in [-0.1, -0.05) is 66.9 Å². The Morgan fingerprint density at radius 2 is 1.77 bits per heavy atom. The van der Waals surface area contributed by atoms with Gasteiger partial charge in [0.05, 0.1) is 31.5 Å². The fourth-order valence-corrected chi connectivity index (χ4v) is 10.0. The molecule has 3 aromatic carbocycles. The van der Waals surface area contributed by atoms with E-state index in [0.29, 0.717) is 31.8 Å². The molecule has 2 saturated heterocycles. The van der Waals surface area contributed by atoms with Crippen molar-refractivity contribution in [2.24, 2.45) is 16.3 Å². The number of aromatic nitrogens is 1. The molecule has 4 heterocycles. The van der Waals surface area contributed by atoms with Crippen molar-refractivity contribution in [2.45, 2.75) is 57.4 Å². The first-order valence-corrected chi connectivity index (χ1v) is 23.2. The van der Waals surface area contributed by atoms with Crippen LogP contribution in [-0.4, -0.2) is 101 Å². The van der Waals surface area contributed by atoms with Crippen LogP contribution in [0, 0.1) is 11.3 Å². The molecule has 0 saturated carbocycles. The minimum atomic E-state index is -4.46. The molecule has 3 aliphatic heterocycles. The van der Waals surface area contributed by atoms with Gasteiger partial charge in [-0.3, -0.25) is 19.6 Å². The number of amides is 1. The summed E-state index contributed by atoms with van der Waals surface area (Å²) in [5.41, 5.74) is 6.99. The zero-order valence-electron chi connectivity index (χ0n) is 34.8. The second-order valence-corrected chi connectivity index (χ2v) is 19.8. The van der Waals surface area contributed by atoms with Gasteiger partial charge in [0, 0.05) is 73.7 Å². The number of hydrogen-bond donors (Lipinski definition) is 1. The molecule has 0 radical (unpaired) electrons. The second kappa shape index (κ2) is 18.6. The maximum atomic E-state index is 13.9. The van der Waals surface area contributed by atoms with Crippen molar-refractivity contribution in [1.29, 1.82) is 0 Å². The van der Waals surface area contributed by atoms with Crippen LogP contribution in [0.4, 0.5) is 14.5 Å². The van der Waals surface area contributed by atoms with E-state index in [-0.39, 0.29) is 51.6 Å². The number of carbonyl (C=O) groups excluding carboxylic acids is 1. The molecule has 1 aliphatic carbocycles. The van der Waals surface area contributed by atoms with E-state index in [2.05, 4.69) is 50.5 Å². The van der Waals surface area contributed by atoms with Crippen molar-refractivity contribution < 1.29 is 31.5 Å². The monoisotopic (exact) mass is 906 g/mol. The first kappa shape index (κ1) is 44.0. The largest absolute Gasteiger partial charge is 0.476 e. The van der Waals surface area contributed by atoms with Crippen LogP contribution in [0.5, 0.6) is 17.4 Å². The Morgan fingerprint density at radius 1 is 0.984 bits per heavy atom. The quantitative estimate of drug-likeness (QED) is 0.132. The van der Waals surface area contributed by atoms with Gasteiger partial charge >= 0.3 is 0 Å². The van der Waals surface area contributed by atoms with Crippen LogP contribution in [0.2, 0.25) is 10.0 Å². The van der Waals surface area contributed by atoms with E-state index in [1.807, 2.05) is 30.3 Å². The van der Waals surface area contributed by atoms with Crippen LogP contribution >= 0.6 is 23.2 Å². The van der Waals surface area contributed by atoms with E-state index in [1.54, 1.807) is 29.3 Å². The molecular formula is C46H50Cl2F2N6O5S. The highest BCUT2D eigenvalue weighted by molar-refractivity contribution is 7.90. The molecule has 16 heteroatoms. The van der Waals surface area contributed by atoms with Gasteiger partial charge < -0.3 is 14.4 Å². The number of carbonyl (C=O) groups is 1. The van der Waals surface area contributed by atoms with Crippen molar-refractivity contribution in [3.8, 4) is 17.4 Å². The molecule has 1 amide bonds. The van der Waals surface area contributed by atoms with Gasteiger partial charge in [-0.15, -0.1) is 0 Å². The standard InChI is InChI=1S/C46H50Cl2F2N6O5S/c1-46(2)14-12-33(38(22-46)31-6-8-34(47)9-7-31)27-54-16-18-56(19-17-54)35-10-11-37(42(20-35)61-41-5-3-4-32-23-51-25-39(32)41)44(57)53-62(58,59)36-21-40(48)45(52-24-36)60-29-30-13-15-55(26-30)28-43(49)50/h3-11,20-21,24-25,30,43H,12-19,22-23,26-29H2,1-2H3,(H,53,57)/t30-/m1/s1. The number of ether oxygens (including phenoxy) is 2. The Morgan fingerprint density at radius 3 is 2.53 bits per heavy atom. The number of pyridine rings is 1. The van der Waals surface area contributed by atoms with Gasteiger partial charge in [0.15, 0.2) is 0 Å². The van der Waals surface area contributed by atoms with E-state index in [0.717, 1.165) is 86.1 Å². The van der Waals surface area contributed by atoms with Crippen LogP contribution in [0.25, 0.3) is 5.57 Å². The molecule has 62 heavy (non-hydrogen) atoms. The zero-order chi connectivity index (χ0) is 43.6. The lowest BCUT2D eigenvalue weighted by atomic mass is 9.72. The number of rotatable bonds is 14. The summed E-state index contributed by atoms with van der Waals surface area (Å²) in [6.45, 7) is 10.1. The molecule has 2 fully saturated rings. The number of halogens is 4. The molecule has 328 valence electrons. The van der Waals surface area contributed by atoms with Crippen LogP contribution in [0.1, 0.15) is 66.6 Å². The van der Waals surface area contributed by atoms with Gasteiger partial charge in [-0.05, 0) is 90.7 Å². The van der Waals surface area contributed by atoms with Gasteiger partial charge in [0.25, 0.3) is 22.4 Å². The molecule has 4 aliphatic rings. The number of piperazine rings is 1. The SMILES string of the molecule is CC1(C)CCC(CN2CCN(c3ccc(C(=O)NS(=O)(=O)c4cnc(OC[C@@H]5CCN(CC(F)F)C5)c(Cl)c4)c(Oc4cccc5c4C=NC5)c3)CC2)=C(c2ccc(Cl)cc2)C1. The number of nitrogens with zero attached hydrogens (tertiary/aromatic N) is 5. The molecule has 11 nitrogen and oxygen atoms in total. The van der Waals surface area contributed by atoms with Crippen molar-refractivity contribution in [3.63, 3.8) is 0 Å². The lowest BCUT2D eigenvalue weighted by Gasteiger charge is -2.39.